The molecule has 6 nitrogen and oxygen atoms in total. The van der Waals surface area contributed by atoms with Gasteiger partial charge in [0.15, 0.2) is 9.84 Å². The second-order valence-corrected chi connectivity index (χ2v) is 13.0. The van der Waals surface area contributed by atoms with Crippen LogP contribution in [0.1, 0.15) is 58.4 Å². The minimum Gasteiger partial charge on any atom is -0.342 e. The van der Waals surface area contributed by atoms with E-state index in [0.29, 0.717) is 19.5 Å². The van der Waals surface area contributed by atoms with Crippen molar-refractivity contribution >= 4 is 15.7 Å². The molecular weight excluding hydrogens is 472 g/mol. The molecule has 2 aromatic rings. The lowest BCUT2D eigenvalue weighted by atomic mass is 9.64. The normalized spacial score (nSPS) is 27.1. The highest BCUT2D eigenvalue weighted by atomic mass is 32.2. The van der Waals surface area contributed by atoms with Crippen molar-refractivity contribution in [2.45, 2.75) is 52.9 Å². The van der Waals surface area contributed by atoms with Gasteiger partial charge in [0.2, 0.25) is 5.91 Å². The lowest BCUT2D eigenvalue weighted by Gasteiger charge is -2.45. The minimum absolute atomic E-state index is 0.0530. The molecule has 1 saturated carbocycles. The van der Waals surface area contributed by atoms with E-state index in [-0.39, 0.29) is 45.4 Å². The first-order valence-electron chi connectivity index (χ1n) is 12.1. The highest BCUT2D eigenvalue weighted by molar-refractivity contribution is 7.91. The third-order valence-electron chi connectivity index (χ3n) is 8.52. The van der Waals surface area contributed by atoms with Crippen molar-refractivity contribution in [3.05, 3.63) is 47.7 Å². The topological polar surface area (TPSA) is 80.2 Å². The third kappa shape index (κ3) is 4.71. The molecule has 0 N–H and O–H groups in total. The Balaban J connectivity index is 1.58. The largest absolute Gasteiger partial charge is 0.342 e. The van der Waals surface area contributed by atoms with E-state index < -0.39 is 27.4 Å². The van der Waals surface area contributed by atoms with Crippen LogP contribution in [0.4, 0.5) is 8.78 Å². The fourth-order valence-electron chi connectivity index (χ4n) is 5.88. The van der Waals surface area contributed by atoms with Crippen molar-refractivity contribution in [3.8, 4) is 11.3 Å². The zero-order valence-electron chi connectivity index (χ0n) is 20.7. The SMILES string of the molecule is CCN(C[C@]1(C)CC[C@@H](c2cnnc(-c3c(F)cccc3F)c2)C1(C)C)C(=O)C1CCS(=O)(=O)C1. The lowest BCUT2D eigenvalue weighted by Crippen LogP contribution is -2.47. The summed E-state index contributed by atoms with van der Waals surface area (Å²) in [6.07, 6.45) is 3.73. The quantitative estimate of drug-likeness (QED) is 0.573. The van der Waals surface area contributed by atoms with Crippen LogP contribution in [0.3, 0.4) is 0 Å². The first-order valence-corrected chi connectivity index (χ1v) is 14.0. The van der Waals surface area contributed by atoms with Crippen molar-refractivity contribution in [2.75, 3.05) is 24.6 Å². The van der Waals surface area contributed by atoms with E-state index in [0.717, 1.165) is 18.4 Å². The van der Waals surface area contributed by atoms with Crippen molar-refractivity contribution in [1.82, 2.24) is 15.1 Å². The summed E-state index contributed by atoms with van der Waals surface area (Å²) < 4.78 is 52.6. The molecule has 35 heavy (non-hydrogen) atoms. The van der Waals surface area contributed by atoms with Gasteiger partial charge in [-0.1, -0.05) is 26.8 Å². The molecule has 3 atom stereocenters. The van der Waals surface area contributed by atoms with Crippen molar-refractivity contribution in [3.63, 3.8) is 0 Å². The van der Waals surface area contributed by atoms with E-state index >= 15 is 0 Å². The van der Waals surface area contributed by atoms with Crippen LogP contribution in [0.15, 0.2) is 30.5 Å². The molecule has 4 rings (SSSR count). The Morgan fingerprint density at radius 1 is 1.17 bits per heavy atom. The summed E-state index contributed by atoms with van der Waals surface area (Å²) in [7, 11) is -3.14. The maximum atomic E-state index is 14.4. The standard InChI is InChI=1S/C26H33F2N3O3S/c1-5-31(24(32)17-10-12-35(33,34)15-17)16-26(4)11-9-19(25(26,2)3)18-13-22(30-29-14-18)23-20(27)7-6-8-21(23)28/h6-8,13-14,17,19H,5,9-12,15-16H2,1-4H3/t17?,19-,26-/m0/s1. The molecule has 1 saturated heterocycles. The fraction of sp³-hybridized carbons (Fsp3) is 0.577. The van der Waals surface area contributed by atoms with E-state index in [1.165, 1.54) is 18.2 Å². The molecule has 0 bridgehead atoms. The van der Waals surface area contributed by atoms with Gasteiger partial charge in [-0.25, -0.2) is 17.2 Å². The van der Waals surface area contributed by atoms with E-state index in [1.807, 2.05) is 6.92 Å². The predicted molar refractivity (Wildman–Crippen MR) is 130 cm³/mol. The summed E-state index contributed by atoms with van der Waals surface area (Å²) in [5.74, 6) is -1.86. The highest BCUT2D eigenvalue weighted by Crippen LogP contribution is 2.60. The van der Waals surface area contributed by atoms with Crippen LogP contribution in [0, 0.1) is 28.4 Å². The van der Waals surface area contributed by atoms with E-state index in [9.17, 15) is 22.0 Å². The van der Waals surface area contributed by atoms with Crippen molar-refractivity contribution < 1.29 is 22.0 Å². The molecule has 2 heterocycles. The number of aromatic nitrogens is 2. The summed E-state index contributed by atoms with van der Waals surface area (Å²) in [6, 6.07) is 5.45. The van der Waals surface area contributed by atoms with Crippen LogP contribution >= 0.6 is 0 Å². The third-order valence-corrected chi connectivity index (χ3v) is 10.3. The first kappa shape index (κ1) is 25.7. The number of carbonyl (C=O) groups excluding carboxylic acids is 1. The van der Waals surface area contributed by atoms with Crippen LogP contribution in [-0.4, -0.2) is 54.0 Å². The molecule has 0 radical (unpaired) electrons. The molecular formula is C26H33F2N3O3S. The molecule has 1 aromatic carbocycles. The Morgan fingerprint density at radius 2 is 1.86 bits per heavy atom. The van der Waals surface area contributed by atoms with Crippen LogP contribution < -0.4 is 0 Å². The maximum absolute atomic E-state index is 14.4. The Hall–Kier alpha value is -2.42. The number of nitrogens with zero attached hydrogens (tertiary/aromatic N) is 3. The summed E-state index contributed by atoms with van der Waals surface area (Å²) in [5, 5.41) is 8.06. The number of amides is 1. The van der Waals surface area contributed by atoms with E-state index in [2.05, 4.69) is 31.0 Å². The number of halogens is 2. The molecule has 2 aliphatic rings. The average molecular weight is 506 g/mol. The smallest absolute Gasteiger partial charge is 0.226 e. The average Bonchev–Trinajstić information content (AvgIpc) is 3.27. The molecule has 2 fully saturated rings. The zero-order valence-corrected chi connectivity index (χ0v) is 21.5. The summed E-state index contributed by atoms with van der Waals surface area (Å²) in [6.45, 7) is 9.45. The number of carbonyl (C=O) groups is 1. The molecule has 1 unspecified atom stereocenters. The van der Waals surface area contributed by atoms with Gasteiger partial charge < -0.3 is 4.90 Å². The summed E-state index contributed by atoms with van der Waals surface area (Å²) >= 11 is 0. The Kier molecular flexibility index (Phi) is 6.76. The number of hydrogen-bond acceptors (Lipinski definition) is 5. The van der Waals surface area contributed by atoms with E-state index in [4.69, 9.17) is 0 Å². The number of sulfone groups is 1. The Morgan fingerprint density at radius 3 is 2.46 bits per heavy atom. The van der Waals surface area contributed by atoms with Gasteiger partial charge in [-0.2, -0.15) is 10.2 Å². The molecule has 9 heteroatoms. The lowest BCUT2D eigenvalue weighted by molar-refractivity contribution is -0.137. The molecule has 1 amide bonds. The van der Waals surface area contributed by atoms with Gasteiger partial charge in [0.25, 0.3) is 0 Å². The van der Waals surface area contributed by atoms with Gasteiger partial charge in [-0.05, 0) is 66.7 Å². The Labute approximate surface area is 206 Å². The fourth-order valence-corrected chi connectivity index (χ4v) is 7.62. The monoisotopic (exact) mass is 505 g/mol. The summed E-state index contributed by atoms with van der Waals surface area (Å²) in [5.41, 5.74) is 0.331. The van der Waals surface area contributed by atoms with Gasteiger partial charge in [-0.3, -0.25) is 4.79 Å². The van der Waals surface area contributed by atoms with Gasteiger partial charge in [0, 0.05) is 13.1 Å². The molecule has 1 aliphatic heterocycles. The Bertz CT molecular complexity index is 1210. The molecule has 190 valence electrons. The highest BCUT2D eigenvalue weighted by Gasteiger charge is 2.53. The summed E-state index contributed by atoms with van der Waals surface area (Å²) in [4.78, 5) is 15.0. The van der Waals surface area contributed by atoms with Crippen LogP contribution in [0.5, 0.6) is 0 Å². The van der Waals surface area contributed by atoms with Crippen molar-refractivity contribution in [2.24, 2.45) is 16.7 Å². The zero-order chi connectivity index (χ0) is 25.6. The van der Waals surface area contributed by atoms with Crippen LogP contribution in [0.2, 0.25) is 0 Å². The van der Waals surface area contributed by atoms with Crippen molar-refractivity contribution in [1.29, 1.82) is 0 Å². The predicted octanol–water partition coefficient (Wildman–Crippen LogP) is 4.61. The maximum Gasteiger partial charge on any atom is 0.226 e. The second-order valence-electron chi connectivity index (χ2n) is 10.8. The van der Waals surface area contributed by atoms with Gasteiger partial charge in [0.05, 0.1) is 34.9 Å². The molecule has 0 spiro atoms. The number of benzene rings is 1. The van der Waals surface area contributed by atoms with Crippen LogP contribution in [-0.2, 0) is 14.6 Å². The van der Waals surface area contributed by atoms with Gasteiger partial charge >= 0.3 is 0 Å². The number of hydrogen-bond donors (Lipinski definition) is 0. The molecule has 1 aromatic heterocycles. The van der Waals surface area contributed by atoms with Gasteiger partial charge in [0.1, 0.15) is 11.6 Å². The van der Waals surface area contributed by atoms with E-state index in [1.54, 1.807) is 17.2 Å². The van der Waals surface area contributed by atoms with Gasteiger partial charge in [-0.15, -0.1) is 0 Å². The second kappa shape index (κ2) is 9.22. The first-order chi connectivity index (χ1) is 16.4. The molecule has 1 aliphatic carbocycles. The number of rotatable bonds is 6. The minimum atomic E-state index is -3.14. The van der Waals surface area contributed by atoms with Crippen LogP contribution in [0.25, 0.3) is 11.3 Å².